The van der Waals surface area contributed by atoms with Gasteiger partial charge in [0.05, 0.1) is 0 Å². The Hall–Kier alpha value is -1.63. The molecule has 0 aromatic heterocycles. The second-order valence-corrected chi connectivity index (χ2v) is 4.82. The van der Waals surface area contributed by atoms with Gasteiger partial charge >= 0.3 is 0 Å². The van der Waals surface area contributed by atoms with Crippen LogP contribution in [-0.2, 0) is 10.2 Å². The quantitative estimate of drug-likeness (QED) is 0.642. The highest BCUT2D eigenvalue weighted by Crippen LogP contribution is 2.44. The van der Waals surface area contributed by atoms with Gasteiger partial charge in [0, 0.05) is 11.8 Å². The molecule has 0 bridgehead atoms. The van der Waals surface area contributed by atoms with Gasteiger partial charge in [0.2, 0.25) is 0 Å². The maximum atomic E-state index is 11.5. The van der Waals surface area contributed by atoms with Crippen LogP contribution >= 0.6 is 0 Å². The molecular formula is C15H14O. The van der Waals surface area contributed by atoms with E-state index in [1.54, 1.807) is 0 Å². The average Bonchev–Trinajstić information content (AvgIpc) is 2.31. The van der Waals surface area contributed by atoms with Gasteiger partial charge < -0.3 is 0 Å². The predicted octanol–water partition coefficient (Wildman–Crippen LogP) is 3.26. The maximum absolute atomic E-state index is 11.5. The molecule has 2 aliphatic rings. The van der Waals surface area contributed by atoms with E-state index in [2.05, 4.69) is 43.3 Å². The van der Waals surface area contributed by atoms with Gasteiger partial charge in [-0.05, 0) is 29.2 Å². The Morgan fingerprint density at radius 2 is 2.00 bits per heavy atom. The summed E-state index contributed by atoms with van der Waals surface area (Å²) in [4.78, 5) is 11.5. The third-order valence-corrected chi connectivity index (χ3v) is 3.82. The van der Waals surface area contributed by atoms with Crippen LogP contribution in [0.1, 0.15) is 30.9 Å². The molecule has 0 saturated carbocycles. The van der Waals surface area contributed by atoms with Gasteiger partial charge in [-0.3, -0.25) is 4.79 Å². The van der Waals surface area contributed by atoms with Gasteiger partial charge in [-0.15, -0.1) is 0 Å². The van der Waals surface area contributed by atoms with Crippen molar-refractivity contribution >= 4 is 11.9 Å². The monoisotopic (exact) mass is 210 g/mol. The van der Waals surface area contributed by atoms with Crippen molar-refractivity contribution in [1.29, 1.82) is 0 Å². The van der Waals surface area contributed by atoms with Gasteiger partial charge in [0.1, 0.15) is 0 Å². The molecule has 0 N–H and O–H groups in total. The molecule has 0 fully saturated rings. The molecule has 16 heavy (non-hydrogen) atoms. The van der Waals surface area contributed by atoms with E-state index >= 15 is 0 Å². The number of rotatable bonds is 0. The van der Waals surface area contributed by atoms with E-state index in [0.29, 0.717) is 6.42 Å². The summed E-state index contributed by atoms with van der Waals surface area (Å²) < 4.78 is 0. The van der Waals surface area contributed by atoms with Crippen LogP contribution in [-0.4, -0.2) is 5.78 Å². The second kappa shape index (κ2) is 3.18. The Bertz CT molecular complexity index is 522. The van der Waals surface area contributed by atoms with E-state index in [9.17, 15) is 4.79 Å². The lowest BCUT2D eigenvalue weighted by Crippen LogP contribution is -2.31. The molecule has 1 aromatic carbocycles. The van der Waals surface area contributed by atoms with Crippen molar-refractivity contribution in [2.24, 2.45) is 0 Å². The fourth-order valence-electron chi connectivity index (χ4n) is 2.77. The van der Waals surface area contributed by atoms with Crippen LogP contribution in [0, 0.1) is 0 Å². The van der Waals surface area contributed by atoms with Crippen LogP contribution in [0.4, 0.5) is 0 Å². The standard InChI is InChI=1S/C15H14O/c1-15-9-8-13(16)10-12(15)7-6-11-4-2-3-5-14(11)15/h2-7,10H,8-9H2,1H3. The lowest BCUT2D eigenvalue weighted by molar-refractivity contribution is -0.115. The summed E-state index contributed by atoms with van der Waals surface area (Å²) in [5.41, 5.74) is 3.86. The summed E-state index contributed by atoms with van der Waals surface area (Å²) >= 11 is 0. The Kier molecular flexibility index (Phi) is 1.90. The van der Waals surface area contributed by atoms with Crippen molar-refractivity contribution in [3.63, 3.8) is 0 Å². The van der Waals surface area contributed by atoms with Gasteiger partial charge in [0.15, 0.2) is 5.78 Å². The van der Waals surface area contributed by atoms with Crippen LogP contribution in [0.5, 0.6) is 0 Å². The summed E-state index contributed by atoms with van der Waals surface area (Å²) in [7, 11) is 0. The maximum Gasteiger partial charge on any atom is 0.156 e. The average molecular weight is 210 g/mol. The molecule has 0 saturated heterocycles. The second-order valence-electron chi connectivity index (χ2n) is 4.82. The zero-order valence-corrected chi connectivity index (χ0v) is 9.36. The predicted molar refractivity (Wildman–Crippen MR) is 65.2 cm³/mol. The summed E-state index contributed by atoms with van der Waals surface area (Å²) in [6.07, 6.45) is 7.62. The molecule has 0 aliphatic heterocycles. The number of benzene rings is 1. The van der Waals surface area contributed by atoms with Gasteiger partial charge in [0.25, 0.3) is 0 Å². The largest absolute Gasteiger partial charge is 0.295 e. The first-order valence-corrected chi connectivity index (χ1v) is 5.73. The number of hydrogen-bond acceptors (Lipinski definition) is 1. The minimum atomic E-state index is 0.0409. The summed E-state index contributed by atoms with van der Waals surface area (Å²) in [6.45, 7) is 2.24. The fourth-order valence-corrected chi connectivity index (χ4v) is 2.77. The highest BCUT2D eigenvalue weighted by molar-refractivity contribution is 5.93. The molecule has 1 heteroatoms. The Morgan fingerprint density at radius 1 is 1.19 bits per heavy atom. The summed E-state index contributed by atoms with van der Waals surface area (Å²) in [5.74, 6) is 0.261. The minimum absolute atomic E-state index is 0.0409. The summed E-state index contributed by atoms with van der Waals surface area (Å²) in [5, 5.41) is 0. The summed E-state index contributed by atoms with van der Waals surface area (Å²) in [6, 6.07) is 8.47. The van der Waals surface area contributed by atoms with E-state index in [4.69, 9.17) is 0 Å². The highest BCUT2D eigenvalue weighted by Gasteiger charge is 2.36. The Balaban J connectivity index is 2.24. The van der Waals surface area contributed by atoms with Gasteiger partial charge in [-0.1, -0.05) is 43.3 Å². The molecule has 3 rings (SSSR count). The van der Waals surface area contributed by atoms with Crippen molar-refractivity contribution in [2.45, 2.75) is 25.2 Å². The molecule has 0 radical (unpaired) electrons. The van der Waals surface area contributed by atoms with Crippen LogP contribution in [0.3, 0.4) is 0 Å². The Morgan fingerprint density at radius 3 is 2.88 bits per heavy atom. The molecule has 0 heterocycles. The van der Waals surface area contributed by atoms with Crippen LogP contribution < -0.4 is 0 Å². The van der Waals surface area contributed by atoms with Crippen molar-refractivity contribution in [3.8, 4) is 0 Å². The smallest absolute Gasteiger partial charge is 0.156 e. The number of hydrogen-bond donors (Lipinski definition) is 0. The zero-order chi connectivity index (χ0) is 11.2. The topological polar surface area (TPSA) is 17.1 Å². The van der Waals surface area contributed by atoms with E-state index in [1.165, 1.54) is 16.7 Å². The number of allylic oxidation sites excluding steroid dienone is 3. The zero-order valence-electron chi connectivity index (χ0n) is 9.36. The van der Waals surface area contributed by atoms with E-state index in [0.717, 1.165) is 6.42 Å². The first-order valence-electron chi connectivity index (χ1n) is 5.73. The number of carbonyl (C=O) groups excluding carboxylic acids is 1. The minimum Gasteiger partial charge on any atom is -0.295 e. The van der Waals surface area contributed by atoms with Gasteiger partial charge in [-0.25, -0.2) is 0 Å². The fraction of sp³-hybridized carbons (Fsp3) is 0.267. The molecule has 80 valence electrons. The molecule has 1 atom stereocenters. The van der Waals surface area contributed by atoms with Crippen LogP contribution in [0.2, 0.25) is 0 Å². The third kappa shape index (κ3) is 1.21. The Labute approximate surface area is 95.5 Å². The van der Waals surface area contributed by atoms with Crippen molar-refractivity contribution < 1.29 is 4.79 Å². The van der Waals surface area contributed by atoms with Crippen molar-refractivity contribution in [1.82, 2.24) is 0 Å². The molecule has 1 nitrogen and oxygen atoms in total. The SMILES string of the molecule is CC12CCC(=O)C=C1C=Cc1ccccc12. The first-order chi connectivity index (χ1) is 7.70. The normalized spacial score (nSPS) is 27.1. The van der Waals surface area contributed by atoms with Crippen molar-refractivity contribution in [2.75, 3.05) is 0 Å². The first kappa shape index (κ1) is 9.59. The molecule has 1 aromatic rings. The molecule has 1 unspecified atom stereocenters. The lowest BCUT2D eigenvalue weighted by Gasteiger charge is -2.37. The molecule has 0 spiro atoms. The number of ketones is 1. The van der Waals surface area contributed by atoms with Crippen LogP contribution in [0.25, 0.3) is 6.08 Å². The van der Waals surface area contributed by atoms with Crippen LogP contribution in [0.15, 0.2) is 42.0 Å². The highest BCUT2D eigenvalue weighted by atomic mass is 16.1. The number of carbonyl (C=O) groups is 1. The van der Waals surface area contributed by atoms with Crippen molar-refractivity contribution in [3.05, 3.63) is 53.1 Å². The lowest BCUT2D eigenvalue weighted by atomic mass is 9.65. The van der Waals surface area contributed by atoms with E-state index < -0.39 is 0 Å². The van der Waals surface area contributed by atoms with Gasteiger partial charge in [-0.2, -0.15) is 0 Å². The molecule has 0 amide bonds. The number of fused-ring (bicyclic) bond motifs is 3. The van der Waals surface area contributed by atoms with E-state index in [1.807, 2.05) is 6.08 Å². The molecule has 2 aliphatic carbocycles. The molecular weight excluding hydrogens is 196 g/mol. The van der Waals surface area contributed by atoms with E-state index in [-0.39, 0.29) is 11.2 Å². The third-order valence-electron chi connectivity index (χ3n) is 3.82.